The van der Waals surface area contributed by atoms with Crippen LogP contribution in [0, 0.1) is 0 Å². The summed E-state index contributed by atoms with van der Waals surface area (Å²) in [5, 5.41) is 3.92. The van der Waals surface area contributed by atoms with Crippen molar-refractivity contribution in [3.8, 4) is 11.3 Å². The van der Waals surface area contributed by atoms with E-state index in [-0.39, 0.29) is 11.5 Å². The highest BCUT2D eigenvalue weighted by Crippen LogP contribution is 2.46. The van der Waals surface area contributed by atoms with Crippen LogP contribution in [0.5, 0.6) is 0 Å². The van der Waals surface area contributed by atoms with Crippen molar-refractivity contribution in [1.29, 1.82) is 0 Å². The highest BCUT2D eigenvalue weighted by atomic mass is 35.5. The molecule has 3 fully saturated rings. The molecule has 4 aromatic rings. The summed E-state index contributed by atoms with van der Waals surface area (Å²) in [5.74, 6) is -0.300. The number of carbonyl (C=O) groups is 1. The largest absolute Gasteiger partial charge is 0.417 e. The quantitative estimate of drug-likeness (QED) is 0.215. The molecule has 0 atom stereocenters. The van der Waals surface area contributed by atoms with Crippen molar-refractivity contribution in [2.45, 2.75) is 50.0 Å². The highest BCUT2D eigenvalue weighted by molar-refractivity contribution is 6.32. The van der Waals surface area contributed by atoms with Gasteiger partial charge in [0.25, 0.3) is 5.91 Å². The molecule has 47 heavy (non-hydrogen) atoms. The number of alkyl halides is 3. The predicted molar refractivity (Wildman–Crippen MR) is 178 cm³/mol. The maximum Gasteiger partial charge on any atom is 0.417 e. The Bertz CT molecular complexity index is 1790. The van der Waals surface area contributed by atoms with E-state index in [0.29, 0.717) is 45.3 Å². The molecule has 1 amide bonds. The number of fused-ring (bicyclic) bond motifs is 1. The summed E-state index contributed by atoms with van der Waals surface area (Å²) in [4.78, 5) is 24.2. The van der Waals surface area contributed by atoms with Crippen LogP contribution < -0.4 is 5.32 Å². The Morgan fingerprint density at radius 2 is 1.68 bits per heavy atom. The average molecular weight is 684 g/mol. The third-order valence-electron chi connectivity index (χ3n) is 9.75. The van der Waals surface area contributed by atoms with E-state index in [1.54, 1.807) is 24.3 Å². The summed E-state index contributed by atoms with van der Waals surface area (Å²) in [6.07, 6.45) is -1.20. The summed E-state index contributed by atoms with van der Waals surface area (Å²) < 4.78 is 47.7. The zero-order chi connectivity index (χ0) is 32.8. The second-order valence-electron chi connectivity index (χ2n) is 12.7. The van der Waals surface area contributed by atoms with E-state index in [4.69, 9.17) is 32.9 Å². The van der Waals surface area contributed by atoms with Gasteiger partial charge in [0.15, 0.2) is 0 Å². The normalized spacial score (nSPS) is 19.2. The molecule has 6 nitrogen and oxygen atoms in total. The lowest BCUT2D eigenvalue weighted by Crippen LogP contribution is -2.48. The van der Waals surface area contributed by atoms with E-state index in [9.17, 15) is 18.0 Å². The minimum Gasteiger partial charge on any atom is -0.379 e. The van der Waals surface area contributed by atoms with Crippen LogP contribution in [0.3, 0.4) is 0 Å². The molecule has 0 spiro atoms. The van der Waals surface area contributed by atoms with Crippen molar-refractivity contribution in [3.63, 3.8) is 0 Å². The first-order valence-corrected chi connectivity index (χ1v) is 16.8. The van der Waals surface area contributed by atoms with Crippen molar-refractivity contribution in [3.05, 3.63) is 99.0 Å². The van der Waals surface area contributed by atoms with Gasteiger partial charge >= 0.3 is 6.18 Å². The van der Waals surface area contributed by atoms with Gasteiger partial charge < -0.3 is 10.1 Å². The molecular weight excluding hydrogens is 648 g/mol. The number of aromatic nitrogens is 1. The van der Waals surface area contributed by atoms with Gasteiger partial charge in [-0.15, -0.1) is 0 Å². The Labute approximate surface area is 281 Å². The molecule has 1 aliphatic carbocycles. The van der Waals surface area contributed by atoms with Crippen LogP contribution in [-0.2, 0) is 23.0 Å². The number of ether oxygens (including phenoxy) is 1. The summed E-state index contributed by atoms with van der Waals surface area (Å²) in [7, 11) is 0. The van der Waals surface area contributed by atoms with Crippen molar-refractivity contribution >= 4 is 40.0 Å². The maximum atomic E-state index is 14.6. The number of halogens is 5. The first-order valence-electron chi connectivity index (χ1n) is 16.0. The van der Waals surface area contributed by atoms with Crippen LogP contribution in [0.4, 0.5) is 13.2 Å². The first kappa shape index (κ1) is 32.3. The van der Waals surface area contributed by atoms with E-state index >= 15 is 0 Å². The third kappa shape index (κ3) is 6.74. The summed E-state index contributed by atoms with van der Waals surface area (Å²) >= 11 is 12.5. The number of hydrogen-bond acceptors (Lipinski definition) is 5. The molecule has 1 saturated carbocycles. The molecule has 1 aromatic heterocycles. The van der Waals surface area contributed by atoms with Crippen LogP contribution >= 0.6 is 23.2 Å². The minimum absolute atomic E-state index is 0.245. The molecule has 7 rings (SSSR count). The van der Waals surface area contributed by atoms with Gasteiger partial charge in [-0.1, -0.05) is 59.6 Å². The molecule has 3 heterocycles. The van der Waals surface area contributed by atoms with Gasteiger partial charge in [-0.2, -0.15) is 13.2 Å². The van der Waals surface area contributed by atoms with Gasteiger partial charge in [0, 0.05) is 47.2 Å². The number of likely N-dealkylation sites (tertiary alicyclic amines) is 1. The lowest BCUT2D eigenvalue weighted by molar-refractivity contribution is -0.137. The Balaban J connectivity index is 1.33. The monoisotopic (exact) mass is 682 g/mol. The number of benzene rings is 3. The van der Waals surface area contributed by atoms with Crippen LogP contribution in [0.1, 0.15) is 52.7 Å². The number of morpholine rings is 1. The molecule has 0 unspecified atom stereocenters. The van der Waals surface area contributed by atoms with Crippen molar-refractivity contribution < 1.29 is 22.7 Å². The number of pyridine rings is 1. The van der Waals surface area contributed by atoms with Gasteiger partial charge in [0.2, 0.25) is 0 Å². The summed E-state index contributed by atoms with van der Waals surface area (Å²) in [5.41, 5.74) is 1.56. The summed E-state index contributed by atoms with van der Waals surface area (Å²) in [6.45, 7) is 5.19. The smallest absolute Gasteiger partial charge is 0.379 e. The molecule has 2 aliphatic heterocycles. The fourth-order valence-electron chi connectivity index (χ4n) is 7.07. The van der Waals surface area contributed by atoms with Crippen LogP contribution in [0.2, 0.25) is 10.0 Å². The van der Waals surface area contributed by atoms with Crippen molar-refractivity contribution in [1.82, 2.24) is 20.1 Å². The standard InChI is InChI=1S/C36H35Cl2F3N4O2/c37-25-7-9-31-27(21-25)32(34(46)43-35(12-13-35)24-4-2-1-3-5-24)28(22-44-14-10-26(11-15-44)45-16-18-47-19-17-45)33(42-31)23-6-8-30(38)29(20-23)36(39,40)41/h1-9,20-21,26H,10-19,22H2,(H,43,46). The number of rotatable bonds is 7. The SMILES string of the molecule is O=C(NC1(c2ccccc2)CC1)c1c(CN2CCC(N3CCOCC3)CC2)c(-c2ccc(Cl)c(C(F)(F)F)c2)nc2ccc(Cl)cc12. The Hall–Kier alpha value is -3.21. The first-order chi connectivity index (χ1) is 22.6. The van der Waals surface area contributed by atoms with Gasteiger partial charge in [0.1, 0.15) is 0 Å². The van der Waals surface area contributed by atoms with Crippen LogP contribution in [0.25, 0.3) is 22.2 Å². The molecule has 1 N–H and O–H groups in total. The Morgan fingerprint density at radius 3 is 2.36 bits per heavy atom. The van der Waals surface area contributed by atoms with E-state index in [2.05, 4.69) is 15.1 Å². The molecule has 0 bridgehead atoms. The molecule has 2 saturated heterocycles. The van der Waals surface area contributed by atoms with E-state index in [0.717, 1.165) is 76.7 Å². The second-order valence-corrected chi connectivity index (χ2v) is 13.6. The van der Waals surface area contributed by atoms with Crippen molar-refractivity contribution in [2.24, 2.45) is 0 Å². The molecular formula is C36H35Cl2F3N4O2. The van der Waals surface area contributed by atoms with Gasteiger partial charge in [-0.25, -0.2) is 4.98 Å². The predicted octanol–water partition coefficient (Wildman–Crippen LogP) is 7.94. The Morgan fingerprint density at radius 1 is 0.957 bits per heavy atom. The highest BCUT2D eigenvalue weighted by Gasteiger charge is 2.46. The third-order valence-corrected chi connectivity index (χ3v) is 10.3. The van der Waals surface area contributed by atoms with Gasteiger partial charge in [-0.05, 0) is 74.7 Å². The van der Waals surface area contributed by atoms with Crippen LogP contribution in [-0.4, -0.2) is 66.1 Å². The zero-order valence-corrected chi connectivity index (χ0v) is 27.3. The van der Waals surface area contributed by atoms with Crippen molar-refractivity contribution in [2.75, 3.05) is 39.4 Å². The number of nitrogens with zero attached hydrogens (tertiary/aromatic N) is 3. The number of piperidine rings is 1. The zero-order valence-electron chi connectivity index (χ0n) is 25.8. The number of carbonyl (C=O) groups excluding carboxylic acids is 1. The fraction of sp³-hybridized carbons (Fsp3) is 0.389. The van der Waals surface area contributed by atoms with Crippen LogP contribution in [0.15, 0.2) is 66.7 Å². The number of nitrogens with one attached hydrogen (secondary N) is 1. The summed E-state index contributed by atoms with van der Waals surface area (Å²) in [6, 6.07) is 19.2. The van der Waals surface area contributed by atoms with E-state index in [1.807, 2.05) is 30.3 Å². The fourth-order valence-corrected chi connectivity index (χ4v) is 7.47. The number of amides is 1. The van der Waals surface area contributed by atoms with Gasteiger partial charge in [-0.3, -0.25) is 14.6 Å². The number of hydrogen-bond donors (Lipinski definition) is 1. The second kappa shape index (κ2) is 13.0. The molecule has 246 valence electrons. The van der Waals surface area contributed by atoms with Gasteiger partial charge in [0.05, 0.1) is 46.1 Å². The molecule has 3 aliphatic rings. The minimum atomic E-state index is -4.66. The molecule has 11 heteroatoms. The topological polar surface area (TPSA) is 57.7 Å². The maximum absolute atomic E-state index is 14.6. The van der Waals surface area contributed by atoms with E-state index in [1.165, 1.54) is 6.07 Å². The lowest BCUT2D eigenvalue weighted by atomic mass is 9.93. The molecule has 0 radical (unpaired) electrons. The molecule has 3 aromatic carbocycles. The van der Waals surface area contributed by atoms with E-state index < -0.39 is 22.3 Å². The average Bonchev–Trinajstić information content (AvgIpc) is 3.86. The lowest BCUT2D eigenvalue weighted by Gasteiger charge is -2.40. The Kier molecular flexibility index (Phi) is 8.95.